The summed E-state index contributed by atoms with van der Waals surface area (Å²) in [7, 11) is 1.57. The molecule has 1 heterocycles. The first kappa shape index (κ1) is 15.5. The number of fused-ring (bicyclic) bond motifs is 1. The summed E-state index contributed by atoms with van der Waals surface area (Å²) in [6.07, 6.45) is 2.02. The van der Waals surface area contributed by atoms with Gasteiger partial charge in [-0.1, -0.05) is 0 Å². The SMILES string of the molecule is [C-]#[N+]C1(c2ccc(OC)c3c2OCCO3)CCC(C(=O)O)CC1. The third kappa shape index (κ3) is 2.56. The lowest BCUT2D eigenvalue weighted by molar-refractivity contribution is -0.143. The summed E-state index contributed by atoms with van der Waals surface area (Å²) in [5.74, 6) is 0.554. The second-order valence-corrected chi connectivity index (χ2v) is 5.93. The van der Waals surface area contributed by atoms with E-state index in [0.29, 0.717) is 56.1 Å². The highest BCUT2D eigenvalue weighted by molar-refractivity contribution is 5.70. The molecular formula is C17H19NO5. The van der Waals surface area contributed by atoms with Gasteiger partial charge in [0.1, 0.15) is 13.2 Å². The molecule has 3 rings (SSSR count). The van der Waals surface area contributed by atoms with E-state index in [0.717, 1.165) is 5.56 Å². The zero-order valence-electron chi connectivity index (χ0n) is 13.0. The highest BCUT2D eigenvalue weighted by atomic mass is 16.6. The van der Waals surface area contributed by atoms with Crippen LogP contribution < -0.4 is 14.2 Å². The van der Waals surface area contributed by atoms with Crippen molar-refractivity contribution in [3.8, 4) is 17.2 Å². The van der Waals surface area contributed by atoms with Crippen LogP contribution in [0.5, 0.6) is 17.2 Å². The van der Waals surface area contributed by atoms with E-state index < -0.39 is 11.5 Å². The molecule has 6 nitrogen and oxygen atoms in total. The van der Waals surface area contributed by atoms with Gasteiger partial charge in [0.2, 0.25) is 5.75 Å². The van der Waals surface area contributed by atoms with Crippen molar-refractivity contribution in [3.63, 3.8) is 0 Å². The van der Waals surface area contributed by atoms with Gasteiger partial charge in [-0.3, -0.25) is 4.79 Å². The molecule has 6 heteroatoms. The molecule has 0 radical (unpaired) electrons. The van der Waals surface area contributed by atoms with Crippen molar-refractivity contribution in [3.05, 3.63) is 29.1 Å². The van der Waals surface area contributed by atoms with E-state index in [-0.39, 0.29) is 5.92 Å². The van der Waals surface area contributed by atoms with Gasteiger partial charge in [-0.2, -0.15) is 0 Å². The third-order valence-electron chi connectivity index (χ3n) is 4.75. The number of rotatable bonds is 3. The fourth-order valence-corrected chi connectivity index (χ4v) is 3.42. The number of nitrogens with zero attached hydrogens (tertiary/aromatic N) is 1. The molecule has 2 aliphatic rings. The molecule has 0 atom stereocenters. The van der Waals surface area contributed by atoms with Crippen molar-refractivity contribution in [1.29, 1.82) is 0 Å². The summed E-state index contributed by atoms with van der Waals surface area (Å²) >= 11 is 0. The van der Waals surface area contributed by atoms with Crippen LogP contribution in [0.1, 0.15) is 31.2 Å². The van der Waals surface area contributed by atoms with Gasteiger partial charge in [0.05, 0.1) is 18.6 Å². The first-order chi connectivity index (χ1) is 11.1. The number of carboxylic acids is 1. The third-order valence-corrected chi connectivity index (χ3v) is 4.75. The number of hydrogen-bond acceptors (Lipinski definition) is 4. The van der Waals surface area contributed by atoms with Crippen molar-refractivity contribution >= 4 is 5.97 Å². The van der Waals surface area contributed by atoms with Gasteiger partial charge in [0, 0.05) is 12.8 Å². The average molecular weight is 317 g/mol. The quantitative estimate of drug-likeness (QED) is 0.868. The molecule has 1 saturated carbocycles. The summed E-state index contributed by atoms with van der Waals surface area (Å²) in [6.45, 7) is 8.59. The second-order valence-electron chi connectivity index (χ2n) is 5.93. The number of ether oxygens (including phenoxy) is 3. The van der Waals surface area contributed by atoms with Gasteiger partial charge in [-0.05, 0) is 25.0 Å². The van der Waals surface area contributed by atoms with Gasteiger partial charge in [0.25, 0.3) is 5.54 Å². The van der Waals surface area contributed by atoms with E-state index >= 15 is 0 Å². The van der Waals surface area contributed by atoms with E-state index in [2.05, 4.69) is 4.85 Å². The molecule has 1 aliphatic carbocycles. The minimum Gasteiger partial charge on any atom is -0.493 e. The van der Waals surface area contributed by atoms with Crippen LogP contribution >= 0.6 is 0 Å². The average Bonchev–Trinajstić information content (AvgIpc) is 2.60. The van der Waals surface area contributed by atoms with Crippen LogP contribution in [0.3, 0.4) is 0 Å². The van der Waals surface area contributed by atoms with E-state index in [1.165, 1.54) is 0 Å². The normalized spacial score (nSPS) is 26.2. The molecule has 1 N–H and O–H groups in total. The molecule has 0 saturated heterocycles. The zero-order valence-corrected chi connectivity index (χ0v) is 13.0. The van der Waals surface area contributed by atoms with Gasteiger partial charge in [-0.25, -0.2) is 6.57 Å². The van der Waals surface area contributed by atoms with E-state index in [9.17, 15) is 9.90 Å². The Morgan fingerprint density at radius 2 is 1.96 bits per heavy atom. The lowest BCUT2D eigenvalue weighted by Gasteiger charge is -2.32. The smallest absolute Gasteiger partial charge is 0.306 e. The highest BCUT2D eigenvalue weighted by Gasteiger charge is 2.47. The van der Waals surface area contributed by atoms with Gasteiger partial charge in [0.15, 0.2) is 11.5 Å². The fourth-order valence-electron chi connectivity index (χ4n) is 3.42. The fraction of sp³-hybridized carbons (Fsp3) is 0.529. The maximum Gasteiger partial charge on any atom is 0.306 e. The summed E-state index contributed by atoms with van der Waals surface area (Å²) in [4.78, 5) is 15.1. The molecule has 0 amide bonds. The van der Waals surface area contributed by atoms with Crippen molar-refractivity contribution in [1.82, 2.24) is 0 Å². The molecule has 1 fully saturated rings. The first-order valence-corrected chi connectivity index (χ1v) is 7.70. The summed E-state index contributed by atoms with van der Waals surface area (Å²) in [6, 6.07) is 3.64. The summed E-state index contributed by atoms with van der Waals surface area (Å²) in [5.41, 5.74) is 0.0371. The molecule has 1 aromatic carbocycles. The zero-order chi connectivity index (χ0) is 16.4. The van der Waals surface area contributed by atoms with Crippen molar-refractivity contribution < 1.29 is 24.1 Å². The predicted octanol–water partition coefficient (Wildman–Crippen LogP) is 2.86. The Labute approximate surface area is 134 Å². The van der Waals surface area contributed by atoms with Crippen LogP contribution in [-0.2, 0) is 10.3 Å². The Hall–Kier alpha value is -2.42. The number of methoxy groups -OCH3 is 1. The lowest BCUT2D eigenvalue weighted by atomic mass is 9.73. The highest BCUT2D eigenvalue weighted by Crippen LogP contribution is 2.51. The number of carbonyl (C=O) groups is 1. The Bertz CT molecular complexity index is 656. The number of aliphatic carboxylic acids is 1. The van der Waals surface area contributed by atoms with Crippen LogP contribution in [0.25, 0.3) is 4.85 Å². The van der Waals surface area contributed by atoms with Gasteiger partial charge >= 0.3 is 5.97 Å². The lowest BCUT2D eigenvalue weighted by Crippen LogP contribution is -2.32. The number of benzene rings is 1. The monoisotopic (exact) mass is 317 g/mol. The Balaban J connectivity index is 2.00. The second kappa shape index (κ2) is 5.99. The maximum atomic E-state index is 11.2. The minimum absolute atomic E-state index is 0.365. The largest absolute Gasteiger partial charge is 0.493 e. The number of carboxylic acid groups (broad SMARTS) is 1. The molecule has 23 heavy (non-hydrogen) atoms. The van der Waals surface area contributed by atoms with Crippen molar-refractivity contribution in [2.45, 2.75) is 31.2 Å². The predicted molar refractivity (Wildman–Crippen MR) is 81.9 cm³/mol. The Kier molecular flexibility index (Phi) is 4.03. The van der Waals surface area contributed by atoms with E-state index in [1.54, 1.807) is 13.2 Å². The molecule has 1 aliphatic heterocycles. The molecular weight excluding hydrogens is 298 g/mol. The molecule has 1 aromatic rings. The van der Waals surface area contributed by atoms with E-state index in [4.69, 9.17) is 20.8 Å². The van der Waals surface area contributed by atoms with Crippen molar-refractivity contribution in [2.75, 3.05) is 20.3 Å². The molecule has 122 valence electrons. The molecule has 0 spiro atoms. The van der Waals surface area contributed by atoms with Crippen LogP contribution in [-0.4, -0.2) is 31.4 Å². The summed E-state index contributed by atoms with van der Waals surface area (Å²) < 4.78 is 16.8. The van der Waals surface area contributed by atoms with Crippen molar-refractivity contribution in [2.24, 2.45) is 5.92 Å². The first-order valence-electron chi connectivity index (χ1n) is 7.70. The van der Waals surface area contributed by atoms with Crippen LogP contribution in [0.2, 0.25) is 0 Å². The van der Waals surface area contributed by atoms with E-state index in [1.807, 2.05) is 6.07 Å². The summed E-state index contributed by atoms with van der Waals surface area (Å²) in [5, 5.41) is 9.17. The Morgan fingerprint density at radius 1 is 1.30 bits per heavy atom. The topological polar surface area (TPSA) is 69.3 Å². The van der Waals surface area contributed by atoms with Gasteiger partial charge < -0.3 is 24.2 Å². The molecule has 0 aromatic heterocycles. The standard InChI is InChI=1S/C17H19NO5/c1-18-17(7-5-11(6-8-17)16(19)20)12-3-4-13(21-2)15-14(12)22-9-10-23-15/h3-4,11H,5-10H2,2H3,(H,19,20). The minimum atomic E-state index is -0.778. The molecule has 0 unspecified atom stereocenters. The Morgan fingerprint density at radius 3 is 2.52 bits per heavy atom. The molecule has 0 bridgehead atoms. The van der Waals surface area contributed by atoms with Gasteiger partial charge in [-0.15, -0.1) is 0 Å². The van der Waals surface area contributed by atoms with Crippen LogP contribution in [0.15, 0.2) is 12.1 Å². The van der Waals surface area contributed by atoms with Crippen LogP contribution in [0, 0.1) is 12.5 Å². The number of hydrogen-bond donors (Lipinski definition) is 1. The maximum absolute atomic E-state index is 11.2. The van der Waals surface area contributed by atoms with Crippen LogP contribution in [0.4, 0.5) is 0 Å².